The number of benzene rings is 2. The van der Waals surface area contributed by atoms with Gasteiger partial charge in [-0.2, -0.15) is 5.10 Å². The number of hydrogen-bond donors (Lipinski definition) is 6. The number of aryl methyl sites for hydroxylation is 1. The molecular formula is C43H57N9O7S. The molecular weight excluding hydrogens is 787 g/mol. The van der Waals surface area contributed by atoms with E-state index >= 15 is 0 Å². The van der Waals surface area contributed by atoms with Gasteiger partial charge in [0.25, 0.3) is 0 Å². The number of carbonyl (C=O) groups excluding carboxylic acids is 3. The molecule has 1 aliphatic heterocycles. The van der Waals surface area contributed by atoms with E-state index < -0.39 is 23.4 Å². The maximum atomic E-state index is 13.9. The van der Waals surface area contributed by atoms with Gasteiger partial charge in [-0.05, 0) is 54.5 Å². The number of amides is 3. The van der Waals surface area contributed by atoms with Crippen LogP contribution < -0.4 is 27.8 Å². The molecule has 0 radical (unpaired) electrons. The van der Waals surface area contributed by atoms with E-state index in [1.165, 1.54) is 0 Å². The molecule has 2 atom stereocenters. The third-order valence-corrected chi connectivity index (χ3v) is 10.9. The lowest BCUT2D eigenvalue weighted by Gasteiger charge is -2.35. The summed E-state index contributed by atoms with van der Waals surface area (Å²) in [4.78, 5) is 47.2. The van der Waals surface area contributed by atoms with Crippen LogP contribution >= 0.6 is 11.3 Å². The molecule has 3 amide bonds. The Hall–Kier alpha value is -5.75. The number of thiazole rings is 1. The maximum absolute atomic E-state index is 13.9. The molecule has 1 fully saturated rings. The van der Waals surface area contributed by atoms with E-state index in [1.54, 1.807) is 63.7 Å². The average molecular weight is 844 g/mol. The molecule has 2 aromatic carbocycles. The van der Waals surface area contributed by atoms with Crippen molar-refractivity contribution in [2.24, 2.45) is 22.6 Å². The smallest absolute Gasteiger partial charge is 0.246 e. The summed E-state index contributed by atoms with van der Waals surface area (Å²) < 4.78 is 18.5. The lowest BCUT2D eigenvalue weighted by atomic mass is 9.85. The van der Waals surface area contributed by atoms with Gasteiger partial charge >= 0.3 is 0 Å². The summed E-state index contributed by atoms with van der Waals surface area (Å²) in [6.45, 7) is 10.0. The number of hydrogen-bond acceptors (Lipinski definition) is 13. The van der Waals surface area contributed by atoms with Gasteiger partial charge < -0.3 is 52.1 Å². The molecule has 4 aromatic rings. The van der Waals surface area contributed by atoms with E-state index in [-0.39, 0.29) is 43.2 Å². The SMILES string of the molecule is Cc1ncsc1-c1ccc(CNC(=O)C2CCCN2C(=O)C(NC(=O)COCCOCCOCCn2cc(C(/C=C(\N)c3ccccc3O)=C(N)N)cn2)C(C)(C)C)cc1. The summed E-state index contributed by atoms with van der Waals surface area (Å²) in [6.07, 6.45) is 6.23. The number of phenolic OH excluding ortho intramolecular Hbond substituents is 1. The second kappa shape index (κ2) is 21.5. The Labute approximate surface area is 354 Å². The summed E-state index contributed by atoms with van der Waals surface area (Å²) >= 11 is 1.59. The van der Waals surface area contributed by atoms with Crippen molar-refractivity contribution in [1.82, 2.24) is 30.3 Å². The highest BCUT2D eigenvalue weighted by atomic mass is 32.1. The van der Waals surface area contributed by atoms with Crippen molar-refractivity contribution >= 4 is 40.3 Å². The fourth-order valence-corrected chi connectivity index (χ4v) is 7.46. The molecule has 0 aliphatic carbocycles. The van der Waals surface area contributed by atoms with Crippen LogP contribution in [0.15, 0.2) is 78.3 Å². The highest BCUT2D eigenvalue weighted by molar-refractivity contribution is 7.13. The molecule has 322 valence electrons. The van der Waals surface area contributed by atoms with Crippen LogP contribution in [-0.2, 0) is 41.7 Å². The van der Waals surface area contributed by atoms with Gasteiger partial charge in [-0.15, -0.1) is 11.3 Å². The van der Waals surface area contributed by atoms with Gasteiger partial charge in [-0.25, -0.2) is 4.98 Å². The highest BCUT2D eigenvalue weighted by Gasteiger charge is 2.41. The number of aromatic nitrogens is 3. The third-order valence-electron chi connectivity index (χ3n) is 9.90. The number of ether oxygens (including phenoxy) is 3. The number of para-hydroxylation sites is 1. The van der Waals surface area contributed by atoms with Crippen molar-refractivity contribution in [3.05, 3.63) is 101 Å². The van der Waals surface area contributed by atoms with E-state index in [0.29, 0.717) is 74.7 Å². The van der Waals surface area contributed by atoms with E-state index in [4.69, 9.17) is 31.4 Å². The summed E-state index contributed by atoms with van der Waals surface area (Å²) in [7, 11) is 0. The minimum absolute atomic E-state index is 0.0432. The average Bonchev–Trinajstić information content (AvgIpc) is 4.00. The minimum Gasteiger partial charge on any atom is -0.507 e. The van der Waals surface area contributed by atoms with Crippen molar-refractivity contribution in [1.29, 1.82) is 0 Å². The van der Waals surface area contributed by atoms with Crippen molar-refractivity contribution in [2.75, 3.05) is 46.2 Å². The van der Waals surface area contributed by atoms with E-state index in [1.807, 2.05) is 57.5 Å². The maximum Gasteiger partial charge on any atom is 0.246 e. The third kappa shape index (κ3) is 12.6. The first-order chi connectivity index (χ1) is 28.7. The second-order valence-electron chi connectivity index (χ2n) is 15.5. The summed E-state index contributed by atoms with van der Waals surface area (Å²) in [5.74, 6) is -0.842. The standard InChI is InChI=1S/C43H57N9O7S/c1-28-38(60-27-48-28)30-13-11-29(12-14-30)23-47-41(55)35-9-7-15-52(35)42(56)39(43(2,3)4)50-37(54)26-59-21-20-58-19-18-57-17-16-51-25-31(24-49-51)33(40(45)46)22-34(44)32-8-5-6-10-36(32)53/h5-6,8,10-14,22,24-25,27,35,39,53H,7,9,15-21,23,26,44-46H2,1-4H3,(H,47,55)(H,50,54)/b34-22-. The topological polar surface area (TPSA) is 235 Å². The summed E-state index contributed by atoms with van der Waals surface area (Å²) in [5.41, 5.74) is 24.2. The number of nitrogens with one attached hydrogen (secondary N) is 2. The van der Waals surface area contributed by atoms with Gasteiger partial charge in [-0.1, -0.05) is 57.2 Å². The molecule has 5 rings (SSSR count). The fraction of sp³-hybridized carbons (Fsp3) is 0.419. The Morgan fingerprint density at radius 1 is 1.00 bits per heavy atom. The molecule has 16 nitrogen and oxygen atoms in total. The normalized spacial score (nSPS) is 14.8. The molecule has 1 aliphatic rings. The van der Waals surface area contributed by atoms with Gasteiger partial charge in [0.05, 0.1) is 61.9 Å². The Bertz CT molecular complexity index is 2120. The Kier molecular flexibility index (Phi) is 16.2. The first kappa shape index (κ1) is 45.3. The number of likely N-dealkylation sites (tertiary alicyclic amines) is 1. The number of carbonyl (C=O) groups is 3. The van der Waals surface area contributed by atoms with Gasteiger partial charge in [0.15, 0.2) is 0 Å². The number of allylic oxidation sites excluding steroid dienone is 2. The lowest BCUT2D eigenvalue weighted by Crippen LogP contribution is -2.58. The molecule has 3 heterocycles. The van der Waals surface area contributed by atoms with Crippen LogP contribution in [0.4, 0.5) is 0 Å². The van der Waals surface area contributed by atoms with E-state index in [9.17, 15) is 19.5 Å². The van der Waals surface area contributed by atoms with Gasteiger partial charge in [0, 0.05) is 41.7 Å². The zero-order valence-electron chi connectivity index (χ0n) is 34.7. The van der Waals surface area contributed by atoms with Crippen molar-refractivity contribution in [2.45, 2.75) is 65.7 Å². The number of aromatic hydroxyl groups is 1. The van der Waals surface area contributed by atoms with E-state index in [0.717, 1.165) is 21.7 Å². The number of rotatable bonds is 20. The minimum atomic E-state index is -0.852. The first-order valence-electron chi connectivity index (χ1n) is 19.9. The second-order valence-corrected chi connectivity index (χ2v) is 16.3. The molecule has 0 spiro atoms. The van der Waals surface area contributed by atoms with Crippen LogP contribution in [0.5, 0.6) is 5.75 Å². The van der Waals surface area contributed by atoms with Crippen LogP contribution in [-0.4, -0.2) is 101 Å². The number of nitrogens with zero attached hydrogens (tertiary/aromatic N) is 4. The predicted molar refractivity (Wildman–Crippen MR) is 231 cm³/mol. The number of nitrogens with two attached hydrogens (primary N) is 3. The summed E-state index contributed by atoms with van der Waals surface area (Å²) in [5, 5.41) is 20.3. The molecule has 2 unspecified atom stereocenters. The quantitative estimate of drug-likeness (QED) is 0.0555. The van der Waals surface area contributed by atoms with Crippen LogP contribution in [0.1, 0.15) is 56.0 Å². The molecule has 17 heteroatoms. The van der Waals surface area contributed by atoms with Crippen molar-refractivity contribution in [3.8, 4) is 16.2 Å². The Morgan fingerprint density at radius 2 is 1.70 bits per heavy atom. The molecule has 1 saturated heterocycles. The largest absolute Gasteiger partial charge is 0.507 e. The first-order valence-corrected chi connectivity index (χ1v) is 20.7. The molecule has 0 saturated carbocycles. The predicted octanol–water partition coefficient (Wildman–Crippen LogP) is 3.49. The van der Waals surface area contributed by atoms with Crippen molar-refractivity contribution in [3.63, 3.8) is 0 Å². The number of phenols is 1. The fourth-order valence-electron chi connectivity index (χ4n) is 6.65. The van der Waals surface area contributed by atoms with Gasteiger partial charge in [-0.3, -0.25) is 19.1 Å². The van der Waals surface area contributed by atoms with Crippen LogP contribution in [0.3, 0.4) is 0 Å². The summed E-state index contributed by atoms with van der Waals surface area (Å²) in [6, 6.07) is 13.2. The zero-order valence-corrected chi connectivity index (χ0v) is 35.5. The van der Waals surface area contributed by atoms with Crippen molar-refractivity contribution < 1.29 is 33.7 Å². The molecule has 9 N–H and O–H groups in total. The van der Waals surface area contributed by atoms with Gasteiger partial charge in [0.2, 0.25) is 17.7 Å². The Balaban J connectivity index is 0.972. The molecule has 60 heavy (non-hydrogen) atoms. The monoisotopic (exact) mass is 843 g/mol. The molecule has 2 aromatic heterocycles. The molecule has 0 bridgehead atoms. The Morgan fingerprint density at radius 3 is 2.37 bits per heavy atom. The van der Waals surface area contributed by atoms with Crippen LogP contribution in [0.25, 0.3) is 21.7 Å². The van der Waals surface area contributed by atoms with Gasteiger partial charge in [0.1, 0.15) is 30.3 Å². The zero-order chi connectivity index (χ0) is 43.2. The van der Waals surface area contributed by atoms with Crippen LogP contribution in [0, 0.1) is 12.3 Å². The van der Waals surface area contributed by atoms with Crippen LogP contribution in [0.2, 0.25) is 0 Å². The van der Waals surface area contributed by atoms with E-state index in [2.05, 4.69) is 20.7 Å². The highest BCUT2D eigenvalue weighted by Crippen LogP contribution is 2.29. The lowest BCUT2D eigenvalue weighted by molar-refractivity contribution is -0.144.